The van der Waals surface area contributed by atoms with Crippen molar-refractivity contribution in [3.63, 3.8) is 0 Å². The van der Waals surface area contributed by atoms with Gasteiger partial charge in [0.25, 0.3) is 0 Å². The van der Waals surface area contributed by atoms with Crippen LogP contribution in [0, 0.1) is 0 Å². The van der Waals surface area contributed by atoms with E-state index in [1.165, 1.54) is 0 Å². The van der Waals surface area contributed by atoms with E-state index in [9.17, 15) is 0 Å². The summed E-state index contributed by atoms with van der Waals surface area (Å²) in [5.74, 6) is 0. The van der Waals surface area contributed by atoms with Crippen LogP contribution in [0.3, 0.4) is 0 Å². The largest absolute Gasteiger partial charge is 0.324 e. The van der Waals surface area contributed by atoms with Gasteiger partial charge >= 0.3 is 0 Å². The lowest BCUT2D eigenvalue weighted by Gasteiger charge is -2.43. The van der Waals surface area contributed by atoms with Crippen LogP contribution in [0.4, 0.5) is 0 Å². The highest BCUT2D eigenvalue weighted by atomic mass is 35.5. The van der Waals surface area contributed by atoms with Gasteiger partial charge < -0.3 is 10.6 Å². The van der Waals surface area contributed by atoms with Crippen molar-refractivity contribution in [2.45, 2.75) is 38.8 Å². The van der Waals surface area contributed by atoms with Crippen LogP contribution in [0.5, 0.6) is 0 Å². The summed E-state index contributed by atoms with van der Waals surface area (Å²) in [6.45, 7) is 8.39. The smallest absolute Gasteiger partial charge is 0.0321 e. The van der Waals surface area contributed by atoms with Crippen molar-refractivity contribution < 1.29 is 0 Å². The molecule has 0 bridgehead atoms. The van der Waals surface area contributed by atoms with E-state index >= 15 is 0 Å². The molecule has 0 aromatic heterocycles. The number of nitrogens with two attached hydrogens (primary N) is 1. The standard InChI is InChI=1S/C8H20N2.2ClH/c1-7(2,9)8(3,4)10(5)6;;/h9H2,1-6H3;2*1H. The minimum Gasteiger partial charge on any atom is -0.324 e. The minimum atomic E-state index is -0.156. The maximum atomic E-state index is 5.97. The third-order valence-corrected chi connectivity index (χ3v) is 2.69. The first kappa shape index (κ1) is 18.3. The topological polar surface area (TPSA) is 29.3 Å². The number of nitrogens with zero attached hydrogens (tertiary/aromatic N) is 1. The van der Waals surface area contributed by atoms with Crippen molar-refractivity contribution in [2.24, 2.45) is 5.73 Å². The highest BCUT2D eigenvalue weighted by Crippen LogP contribution is 2.22. The van der Waals surface area contributed by atoms with Crippen LogP contribution >= 0.6 is 24.8 Å². The van der Waals surface area contributed by atoms with Crippen LogP contribution in [-0.2, 0) is 0 Å². The first-order chi connectivity index (χ1) is 4.19. The van der Waals surface area contributed by atoms with Crippen molar-refractivity contribution >= 4 is 24.8 Å². The maximum absolute atomic E-state index is 5.97. The summed E-state index contributed by atoms with van der Waals surface area (Å²) in [6, 6.07) is 0. The monoisotopic (exact) mass is 216 g/mol. The number of rotatable bonds is 2. The molecule has 0 atom stereocenters. The molecule has 0 aliphatic carbocycles. The molecule has 12 heavy (non-hydrogen) atoms. The van der Waals surface area contributed by atoms with Crippen LogP contribution in [0.25, 0.3) is 0 Å². The van der Waals surface area contributed by atoms with Gasteiger partial charge in [-0.15, -0.1) is 24.8 Å². The summed E-state index contributed by atoms with van der Waals surface area (Å²) in [6.07, 6.45) is 0. The average Bonchev–Trinajstić information content (AvgIpc) is 1.62. The molecule has 0 amide bonds. The maximum Gasteiger partial charge on any atom is 0.0321 e. The molecule has 0 aliphatic rings. The van der Waals surface area contributed by atoms with Gasteiger partial charge in [0.15, 0.2) is 0 Å². The van der Waals surface area contributed by atoms with Crippen LogP contribution in [0.2, 0.25) is 0 Å². The first-order valence-electron chi connectivity index (χ1n) is 3.66. The Balaban J connectivity index is -0.000000405. The summed E-state index contributed by atoms with van der Waals surface area (Å²) in [4.78, 5) is 2.15. The second kappa shape index (κ2) is 5.28. The Hall–Kier alpha value is 0.500. The van der Waals surface area contributed by atoms with Crippen molar-refractivity contribution in [2.75, 3.05) is 14.1 Å². The Labute approximate surface area is 88.7 Å². The zero-order chi connectivity index (χ0) is 8.58. The van der Waals surface area contributed by atoms with E-state index < -0.39 is 0 Å². The molecule has 2 nitrogen and oxygen atoms in total. The van der Waals surface area contributed by atoms with Gasteiger partial charge in [0.05, 0.1) is 0 Å². The zero-order valence-electron chi connectivity index (χ0n) is 8.84. The van der Waals surface area contributed by atoms with Crippen molar-refractivity contribution in [3.8, 4) is 0 Å². The molecule has 4 heteroatoms. The lowest BCUT2D eigenvalue weighted by Crippen LogP contribution is -2.60. The third kappa shape index (κ3) is 3.94. The van der Waals surface area contributed by atoms with Gasteiger partial charge in [0.1, 0.15) is 0 Å². The van der Waals surface area contributed by atoms with Gasteiger partial charge in [-0.3, -0.25) is 0 Å². The van der Waals surface area contributed by atoms with Crippen LogP contribution in [0.15, 0.2) is 0 Å². The first-order valence-corrected chi connectivity index (χ1v) is 3.66. The predicted molar refractivity (Wildman–Crippen MR) is 60.5 cm³/mol. The number of hydrogen-bond acceptors (Lipinski definition) is 2. The molecule has 0 rings (SSSR count). The van der Waals surface area contributed by atoms with E-state index in [1.807, 2.05) is 13.8 Å². The van der Waals surface area contributed by atoms with E-state index in [-0.39, 0.29) is 35.9 Å². The molecule has 0 fully saturated rings. The molecule has 0 spiro atoms. The Morgan fingerprint density at radius 3 is 1.17 bits per heavy atom. The molecule has 0 saturated carbocycles. The lowest BCUT2D eigenvalue weighted by molar-refractivity contribution is 0.111. The van der Waals surface area contributed by atoms with Gasteiger partial charge in [-0.2, -0.15) is 0 Å². The molecule has 0 aromatic rings. The highest BCUT2D eigenvalue weighted by molar-refractivity contribution is 5.85. The molecule has 0 radical (unpaired) electrons. The van der Waals surface area contributed by atoms with Crippen molar-refractivity contribution in [1.29, 1.82) is 0 Å². The van der Waals surface area contributed by atoms with Gasteiger partial charge in [-0.25, -0.2) is 0 Å². The van der Waals surface area contributed by atoms with Crippen molar-refractivity contribution in [3.05, 3.63) is 0 Å². The van der Waals surface area contributed by atoms with E-state index in [0.717, 1.165) is 0 Å². The highest BCUT2D eigenvalue weighted by Gasteiger charge is 2.34. The Bertz CT molecular complexity index is 117. The second-order valence-electron chi connectivity index (χ2n) is 4.18. The SMILES string of the molecule is CN(C)C(C)(C)C(C)(C)N.Cl.Cl. The Morgan fingerprint density at radius 2 is 1.17 bits per heavy atom. The van der Waals surface area contributed by atoms with Gasteiger partial charge in [-0.1, -0.05) is 0 Å². The molecule has 2 N–H and O–H groups in total. The fourth-order valence-electron chi connectivity index (χ4n) is 0.576. The van der Waals surface area contributed by atoms with E-state index in [0.29, 0.717) is 0 Å². The normalized spacial score (nSPS) is 12.0. The van der Waals surface area contributed by atoms with E-state index in [4.69, 9.17) is 5.73 Å². The van der Waals surface area contributed by atoms with E-state index in [2.05, 4.69) is 32.8 Å². The van der Waals surface area contributed by atoms with Gasteiger partial charge in [0, 0.05) is 11.1 Å². The molecule has 78 valence electrons. The second-order valence-corrected chi connectivity index (χ2v) is 4.18. The van der Waals surface area contributed by atoms with Gasteiger partial charge in [0.2, 0.25) is 0 Å². The number of likely N-dealkylation sites (N-methyl/N-ethyl adjacent to an activating group) is 1. The van der Waals surface area contributed by atoms with Crippen LogP contribution in [0.1, 0.15) is 27.7 Å². The molecule has 0 aromatic carbocycles. The van der Waals surface area contributed by atoms with Crippen molar-refractivity contribution in [1.82, 2.24) is 4.90 Å². The summed E-state index contributed by atoms with van der Waals surface area (Å²) in [7, 11) is 4.10. The number of halogens is 2. The predicted octanol–water partition coefficient (Wildman–Crippen LogP) is 1.91. The summed E-state index contributed by atoms with van der Waals surface area (Å²) >= 11 is 0. The summed E-state index contributed by atoms with van der Waals surface area (Å²) in [5, 5.41) is 0. The van der Waals surface area contributed by atoms with Crippen LogP contribution in [-0.4, -0.2) is 30.1 Å². The minimum absolute atomic E-state index is 0. The lowest BCUT2D eigenvalue weighted by atomic mass is 9.82. The Morgan fingerprint density at radius 1 is 0.917 bits per heavy atom. The quantitative estimate of drug-likeness (QED) is 0.765. The van der Waals surface area contributed by atoms with Crippen LogP contribution < -0.4 is 5.73 Å². The molecule has 0 saturated heterocycles. The Kier molecular flexibility index (Phi) is 8.06. The molecule has 0 aliphatic heterocycles. The zero-order valence-corrected chi connectivity index (χ0v) is 10.5. The fourth-order valence-corrected chi connectivity index (χ4v) is 0.576. The third-order valence-electron chi connectivity index (χ3n) is 2.69. The number of hydrogen-bond donors (Lipinski definition) is 1. The summed E-state index contributed by atoms with van der Waals surface area (Å²) < 4.78 is 0. The molecular formula is C8H22Cl2N2. The summed E-state index contributed by atoms with van der Waals surface area (Å²) in [5.41, 5.74) is 5.86. The van der Waals surface area contributed by atoms with E-state index in [1.54, 1.807) is 0 Å². The molecule has 0 unspecified atom stereocenters. The molecule has 0 heterocycles. The van der Waals surface area contributed by atoms with Gasteiger partial charge in [-0.05, 0) is 41.8 Å². The molecular weight excluding hydrogens is 195 g/mol. The average molecular weight is 217 g/mol. The fraction of sp³-hybridized carbons (Fsp3) is 1.00.